The molecule has 2 unspecified atom stereocenters. The van der Waals surface area contributed by atoms with E-state index < -0.39 is 48.6 Å². The maximum absolute atomic E-state index is 12.9. The van der Waals surface area contributed by atoms with Gasteiger partial charge in [-0.05, 0) is 50.1 Å². The van der Waals surface area contributed by atoms with Crippen LogP contribution in [-0.4, -0.2) is 69.8 Å². The first kappa shape index (κ1) is 31.8. The molecule has 0 aromatic heterocycles. The van der Waals surface area contributed by atoms with Gasteiger partial charge < -0.3 is 39.0 Å². The van der Waals surface area contributed by atoms with Crippen LogP contribution in [0.4, 0.5) is 0 Å². The van der Waals surface area contributed by atoms with E-state index in [4.69, 9.17) is 36.8 Å². The topological polar surface area (TPSA) is 139 Å². The van der Waals surface area contributed by atoms with Crippen molar-refractivity contribution in [2.75, 3.05) is 6.61 Å². The monoisotopic (exact) mass is 593 g/mol. The number of amides is 1. The summed E-state index contributed by atoms with van der Waals surface area (Å²) < 4.78 is 23.5. The summed E-state index contributed by atoms with van der Waals surface area (Å²) in [5.41, 5.74) is -2.19. The lowest BCUT2D eigenvalue weighted by Crippen LogP contribution is -2.54. The molecule has 0 bridgehead atoms. The van der Waals surface area contributed by atoms with E-state index in [2.05, 4.69) is 22.9 Å². The molecule has 4 N–H and O–H groups in total. The van der Waals surface area contributed by atoms with Crippen molar-refractivity contribution in [3.63, 3.8) is 0 Å². The highest BCUT2D eigenvalue weighted by Gasteiger charge is 2.57. The maximum Gasteiger partial charge on any atom is 0.323 e. The number of benzene rings is 1. The summed E-state index contributed by atoms with van der Waals surface area (Å²) in [4.78, 5) is 25.9. The zero-order valence-corrected chi connectivity index (χ0v) is 24.6. The van der Waals surface area contributed by atoms with Crippen LogP contribution in [0.15, 0.2) is 55.0 Å². The number of hydrogen-bond acceptors (Lipinski definition) is 10. The average Bonchev–Trinajstić information content (AvgIpc) is 3.12. The van der Waals surface area contributed by atoms with Crippen LogP contribution in [0.25, 0.3) is 0 Å². The van der Waals surface area contributed by atoms with Crippen molar-refractivity contribution in [3.8, 4) is 18.1 Å². The highest BCUT2D eigenvalue weighted by atomic mass is 32.5. The van der Waals surface area contributed by atoms with Gasteiger partial charge in [-0.15, -0.1) is 6.42 Å². The van der Waals surface area contributed by atoms with E-state index >= 15 is 0 Å². The van der Waals surface area contributed by atoms with Gasteiger partial charge in [0.1, 0.15) is 29.8 Å². The summed E-state index contributed by atoms with van der Waals surface area (Å²) in [6.07, 6.45) is 4.11. The van der Waals surface area contributed by atoms with Crippen molar-refractivity contribution in [1.82, 2.24) is 15.3 Å². The number of nitrogens with one attached hydrogen (secondary N) is 2. The minimum absolute atomic E-state index is 0.0966. The molecule has 218 valence electrons. The Kier molecular flexibility index (Phi) is 10.5. The third-order valence-corrected chi connectivity index (χ3v) is 8.39. The fraction of sp³-hybridized carbons (Fsp3) is 0.481. The number of para-hydroxylation sites is 1. The third kappa shape index (κ3) is 7.71. The minimum atomic E-state index is -3.50. The number of ether oxygens (including phenoxy) is 2. The zero-order valence-electron chi connectivity index (χ0n) is 22.9. The normalized spacial score (nSPS) is 26.8. The SMILES string of the molecule is C#C[C@@]1(O)[C@H](O)[C@@H](COP(=S)(NC(CC(C)C)C(=O)OC(C)C)Oc2ccccc2)O[C@H]1N1C=CC(=O)NC1=C. The van der Waals surface area contributed by atoms with Gasteiger partial charge in [-0.1, -0.05) is 44.5 Å². The quantitative estimate of drug-likeness (QED) is 0.161. The van der Waals surface area contributed by atoms with E-state index in [-0.39, 0.29) is 24.4 Å². The molecule has 0 spiro atoms. The molecule has 1 aromatic rings. The first-order chi connectivity index (χ1) is 18.8. The van der Waals surface area contributed by atoms with Crippen LogP contribution in [0.1, 0.15) is 34.1 Å². The summed E-state index contributed by atoms with van der Waals surface area (Å²) >= 11 is 5.82. The summed E-state index contributed by atoms with van der Waals surface area (Å²) in [7, 11) is 0. The molecule has 1 amide bonds. The number of carbonyl (C=O) groups is 2. The first-order valence-corrected chi connectivity index (χ1v) is 15.4. The molecule has 1 fully saturated rings. The Morgan fingerprint density at radius 2 is 2.02 bits per heavy atom. The molecule has 3 rings (SSSR count). The van der Waals surface area contributed by atoms with Crippen molar-refractivity contribution in [3.05, 3.63) is 55.0 Å². The lowest BCUT2D eigenvalue weighted by Gasteiger charge is -2.36. The van der Waals surface area contributed by atoms with Crippen molar-refractivity contribution < 1.29 is 38.3 Å². The van der Waals surface area contributed by atoms with Crippen molar-refractivity contribution >= 4 is 30.3 Å². The van der Waals surface area contributed by atoms with Gasteiger partial charge in [-0.25, -0.2) is 5.09 Å². The number of nitrogens with zero attached hydrogens (tertiary/aromatic N) is 1. The van der Waals surface area contributed by atoms with Crippen LogP contribution in [-0.2, 0) is 35.4 Å². The summed E-state index contributed by atoms with van der Waals surface area (Å²) in [6.45, 7) is 7.30. The van der Waals surface area contributed by atoms with Crippen LogP contribution in [0, 0.1) is 18.3 Å². The molecule has 0 aliphatic carbocycles. The van der Waals surface area contributed by atoms with Crippen LogP contribution < -0.4 is 14.9 Å². The molecule has 1 saturated heterocycles. The summed E-state index contributed by atoms with van der Waals surface area (Å²) in [5, 5.41) is 27.7. The smallest absolute Gasteiger partial charge is 0.323 e. The van der Waals surface area contributed by atoms with E-state index in [0.29, 0.717) is 12.2 Å². The fourth-order valence-electron chi connectivity index (χ4n) is 4.10. The lowest BCUT2D eigenvalue weighted by molar-refractivity contribution is -0.150. The van der Waals surface area contributed by atoms with E-state index in [0.717, 1.165) is 0 Å². The largest absolute Gasteiger partial charge is 0.462 e. The van der Waals surface area contributed by atoms with Crippen LogP contribution >= 0.6 is 6.64 Å². The van der Waals surface area contributed by atoms with E-state index in [1.807, 2.05) is 13.8 Å². The first-order valence-electron chi connectivity index (χ1n) is 12.8. The number of esters is 1. The molecule has 2 heterocycles. The molecule has 0 radical (unpaired) electrons. The van der Waals surface area contributed by atoms with E-state index in [1.165, 1.54) is 17.2 Å². The summed E-state index contributed by atoms with van der Waals surface area (Å²) in [6, 6.07) is 7.85. The minimum Gasteiger partial charge on any atom is -0.462 e. The van der Waals surface area contributed by atoms with Crippen LogP contribution in [0.3, 0.4) is 0 Å². The van der Waals surface area contributed by atoms with Crippen molar-refractivity contribution in [2.24, 2.45) is 5.92 Å². The molecule has 6 atom stereocenters. The van der Waals surface area contributed by atoms with Crippen LogP contribution in [0.5, 0.6) is 5.75 Å². The highest BCUT2D eigenvalue weighted by Crippen LogP contribution is 2.47. The molecule has 0 saturated carbocycles. The van der Waals surface area contributed by atoms with Gasteiger partial charge in [0, 0.05) is 12.3 Å². The predicted octanol–water partition coefficient (Wildman–Crippen LogP) is 2.13. The van der Waals surface area contributed by atoms with Gasteiger partial charge in [-0.2, -0.15) is 0 Å². The second kappa shape index (κ2) is 13.3. The average molecular weight is 594 g/mol. The number of terminal acetylenes is 1. The van der Waals surface area contributed by atoms with Gasteiger partial charge in [0.2, 0.25) is 0 Å². The standard InChI is InChI=1S/C27H36N3O8PS/c1-7-27(34)24(32)22(37-26(27)30-14-13-23(31)28-19(30)6)16-35-39(40,38-20-11-9-8-10-12-20)29-21(15-17(2)3)25(33)36-18(4)5/h1,8-14,17-18,21-22,24,26,32,34H,6,15-16H2,2-5H3,(H,28,31)(H,29,40)/t21?,22-,24-,26-,27-,39?/m1/s1. The number of aliphatic hydroxyl groups is 2. The van der Waals surface area contributed by atoms with Crippen LogP contribution in [0.2, 0.25) is 0 Å². The zero-order chi connectivity index (χ0) is 29.7. The van der Waals surface area contributed by atoms with Gasteiger partial charge in [0.15, 0.2) is 11.8 Å². The molecule has 1 aromatic carbocycles. The van der Waals surface area contributed by atoms with E-state index in [9.17, 15) is 19.8 Å². The van der Waals surface area contributed by atoms with Gasteiger partial charge in [0.05, 0.1) is 12.7 Å². The number of aliphatic hydroxyl groups excluding tert-OH is 1. The Balaban J connectivity index is 1.86. The van der Waals surface area contributed by atoms with Gasteiger partial charge >= 0.3 is 12.6 Å². The molecule has 2 aliphatic rings. The third-order valence-electron chi connectivity index (χ3n) is 5.97. The highest BCUT2D eigenvalue weighted by molar-refractivity contribution is 8.09. The number of rotatable bonds is 12. The Morgan fingerprint density at radius 1 is 1.35 bits per heavy atom. The van der Waals surface area contributed by atoms with Crippen molar-refractivity contribution in [2.45, 2.75) is 70.3 Å². The second-order valence-electron chi connectivity index (χ2n) is 10.1. The Bertz CT molecular complexity index is 1200. The van der Waals surface area contributed by atoms with E-state index in [1.54, 1.807) is 44.2 Å². The summed E-state index contributed by atoms with van der Waals surface area (Å²) in [5.74, 6) is 1.87. The molecule has 13 heteroatoms. The number of carbonyl (C=O) groups excluding carboxylic acids is 2. The molecule has 2 aliphatic heterocycles. The maximum atomic E-state index is 12.9. The predicted molar refractivity (Wildman–Crippen MR) is 152 cm³/mol. The van der Waals surface area contributed by atoms with Gasteiger partial charge in [0.25, 0.3) is 5.91 Å². The Labute approximate surface area is 239 Å². The molecular weight excluding hydrogens is 557 g/mol. The second-order valence-corrected chi connectivity index (χ2v) is 13.2. The molecule has 11 nitrogen and oxygen atoms in total. The lowest BCUT2D eigenvalue weighted by atomic mass is 9.94. The number of hydrogen-bond donors (Lipinski definition) is 4. The Morgan fingerprint density at radius 3 is 2.60 bits per heavy atom. The molecular formula is C27H36N3O8PS. The van der Waals surface area contributed by atoms with Gasteiger partial charge in [-0.3, -0.25) is 9.59 Å². The van der Waals surface area contributed by atoms with Crippen molar-refractivity contribution in [1.29, 1.82) is 0 Å². The fourth-order valence-corrected chi connectivity index (χ4v) is 6.44. The Hall–Kier alpha value is -2.75. The molecule has 40 heavy (non-hydrogen) atoms.